The first kappa shape index (κ1) is 14.9. The number of aromatic nitrogens is 4. The minimum absolute atomic E-state index is 0.474. The molecule has 0 amide bonds. The largest absolute Gasteiger partial charge is 0.344 e. The first-order chi connectivity index (χ1) is 9.61. The molecule has 0 fully saturated rings. The van der Waals surface area contributed by atoms with Gasteiger partial charge in [-0.2, -0.15) is 4.98 Å². The molecule has 0 aliphatic carbocycles. The zero-order valence-electron chi connectivity index (χ0n) is 11.5. The Morgan fingerprint density at radius 1 is 1.40 bits per heavy atom. The Morgan fingerprint density at radius 2 is 2.20 bits per heavy atom. The molecule has 0 saturated heterocycles. The molecule has 2 heterocycles. The van der Waals surface area contributed by atoms with Crippen LogP contribution in [0.2, 0.25) is 5.15 Å². The van der Waals surface area contributed by atoms with Gasteiger partial charge in [0, 0.05) is 25.4 Å². The minimum atomic E-state index is 0.474. The zero-order valence-corrected chi connectivity index (χ0v) is 13.0. The summed E-state index contributed by atoms with van der Waals surface area (Å²) in [6, 6.07) is 3.75. The van der Waals surface area contributed by atoms with Crippen molar-refractivity contribution < 1.29 is 0 Å². The lowest BCUT2D eigenvalue weighted by molar-refractivity contribution is 0.705. The van der Waals surface area contributed by atoms with Crippen molar-refractivity contribution in [2.24, 2.45) is 0 Å². The van der Waals surface area contributed by atoms with E-state index in [1.165, 1.54) is 0 Å². The van der Waals surface area contributed by atoms with Gasteiger partial charge in [0.25, 0.3) is 0 Å². The van der Waals surface area contributed by atoms with Crippen LogP contribution in [0.25, 0.3) is 0 Å². The van der Waals surface area contributed by atoms with Crippen LogP contribution in [-0.2, 0) is 6.54 Å². The zero-order chi connectivity index (χ0) is 14.5. The van der Waals surface area contributed by atoms with Crippen LogP contribution in [0.3, 0.4) is 0 Å². The van der Waals surface area contributed by atoms with E-state index in [-0.39, 0.29) is 0 Å². The standard InChI is InChI=1S/C13H16ClN5S/c1-3-7-18(2)12-16-9-19(13(20)17-12)8-10-5-4-6-15-11(10)14/h4-6,9H,3,7-8H2,1-2H3. The highest BCUT2D eigenvalue weighted by molar-refractivity contribution is 7.71. The highest BCUT2D eigenvalue weighted by Gasteiger charge is 2.06. The predicted molar refractivity (Wildman–Crippen MR) is 82.8 cm³/mol. The van der Waals surface area contributed by atoms with Gasteiger partial charge in [0.05, 0.1) is 6.54 Å². The van der Waals surface area contributed by atoms with Crippen LogP contribution in [0.15, 0.2) is 24.7 Å². The van der Waals surface area contributed by atoms with Gasteiger partial charge in [0.1, 0.15) is 11.5 Å². The van der Waals surface area contributed by atoms with Crippen LogP contribution >= 0.6 is 23.8 Å². The lowest BCUT2D eigenvalue weighted by Crippen LogP contribution is -2.21. The maximum absolute atomic E-state index is 6.04. The average molecular weight is 310 g/mol. The van der Waals surface area contributed by atoms with Crippen LogP contribution in [0.4, 0.5) is 5.95 Å². The lowest BCUT2D eigenvalue weighted by atomic mass is 10.3. The van der Waals surface area contributed by atoms with Gasteiger partial charge in [-0.3, -0.25) is 0 Å². The van der Waals surface area contributed by atoms with Crippen molar-refractivity contribution in [2.45, 2.75) is 19.9 Å². The molecule has 5 nitrogen and oxygen atoms in total. The fraction of sp³-hybridized carbons (Fsp3) is 0.385. The van der Waals surface area contributed by atoms with E-state index in [1.54, 1.807) is 17.1 Å². The Labute approximate surface area is 128 Å². The van der Waals surface area contributed by atoms with Crippen molar-refractivity contribution in [1.82, 2.24) is 19.5 Å². The molecule has 0 unspecified atom stereocenters. The van der Waals surface area contributed by atoms with Crippen LogP contribution in [0.1, 0.15) is 18.9 Å². The SMILES string of the molecule is CCCN(C)c1ncn(Cc2cccnc2Cl)c(=S)n1. The Kier molecular flexibility index (Phi) is 5.03. The van der Waals surface area contributed by atoms with Crippen molar-refractivity contribution in [3.05, 3.63) is 40.1 Å². The molecule has 7 heteroatoms. The third-order valence-corrected chi connectivity index (χ3v) is 3.50. The minimum Gasteiger partial charge on any atom is -0.344 e. The van der Waals surface area contributed by atoms with Gasteiger partial charge in [-0.25, -0.2) is 9.97 Å². The normalized spacial score (nSPS) is 10.6. The number of hydrogen-bond acceptors (Lipinski definition) is 5. The molecule has 0 N–H and O–H groups in total. The Hall–Kier alpha value is -1.53. The molecule has 0 bridgehead atoms. The number of rotatable bonds is 5. The fourth-order valence-corrected chi connectivity index (χ4v) is 2.17. The van der Waals surface area contributed by atoms with E-state index in [2.05, 4.69) is 21.9 Å². The molecular formula is C13H16ClN5S. The van der Waals surface area contributed by atoms with Gasteiger partial charge in [-0.1, -0.05) is 24.6 Å². The Morgan fingerprint density at radius 3 is 2.85 bits per heavy atom. The summed E-state index contributed by atoms with van der Waals surface area (Å²) < 4.78 is 2.26. The van der Waals surface area contributed by atoms with Crippen LogP contribution in [0, 0.1) is 4.77 Å². The number of nitrogens with zero attached hydrogens (tertiary/aromatic N) is 5. The molecule has 0 aliphatic rings. The molecule has 0 saturated carbocycles. The third kappa shape index (κ3) is 3.52. The van der Waals surface area contributed by atoms with Crippen molar-refractivity contribution in [3.63, 3.8) is 0 Å². The highest BCUT2D eigenvalue weighted by Crippen LogP contribution is 2.13. The second-order valence-corrected chi connectivity index (χ2v) is 5.16. The van der Waals surface area contributed by atoms with Gasteiger partial charge in [-0.15, -0.1) is 0 Å². The predicted octanol–water partition coefficient (Wildman–Crippen LogP) is 2.95. The number of anilines is 1. The monoisotopic (exact) mass is 309 g/mol. The summed E-state index contributed by atoms with van der Waals surface area (Å²) in [5.74, 6) is 0.644. The smallest absolute Gasteiger partial charge is 0.229 e. The Balaban J connectivity index is 2.23. The average Bonchev–Trinajstić information content (AvgIpc) is 2.43. The molecule has 0 radical (unpaired) electrons. The van der Waals surface area contributed by atoms with Gasteiger partial charge < -0.3 is 9.47 Å². The first-order valence-corrected chi connectivity index (χ1v) is 7.14. The third-order valence-electron chi connectivity index (χ3n) is 2.83. The van der Waals surface area contributed by atoms with Crippen molar-refractivity contribution in [3.8, 4) is 0 Å². The molecule has 0 aliphatic heterocycles. The molecule has 106 valence electrons. The lowest BCUT2D eigenvalue weighted by Gasteiger charge is -2.16. The van der Waals surface area contributed by atoms with E-state index in [9.17, 15) is 0 Å². The van der Waals surface area contributed by atoms with Gasteiger partial charge in [-0.05, 0) is 24.7 Å². The summed E-state index contributed by atoms with van der Waals surface area (Å²) in [4.78, 5) is 14.7. The summed E-state index contributed by atoms with van der Waals surface area (Å²) in [6.07, 6.45) is 4.39. The quantitative estimate of drug-likeness (QED) is 0.628. The van der Waals surface area contributed by atoms with E-state index in [0.717, 1.165) is 18.5 Å². The van der Waals surface area contributed by atoms with E-state index in [4.69, 9.17) is 23.8 Å². The summed E-state index contributed by atoms with van der Waals surface area (Å²) in [7, 11) is 1.95. The molecule has 2 rings (SSSR count). The van der Waals surface area contributed by atoms with Crippen molar-refractivity contribution in [2.75, 3.05) is 18.5 Å². The Bertz CT molecular complexity index is 643. The molecule has 0 aromatic carbocycles. The van der Waals surface area contributed by atoms with Gasteiger partial charge in [0.2, 0.25) is 10.7 Å². The molecule has 0 atom stereocenters. The number of hydrogen-bond donors (Lipinski definition) is 0. The number of pyridine rings is 1. The fourth-order valence-electron chi connectivity index (χ4n) is 1.80. The summed E-state index contributed by atoms with van der Waals surface area (Å²) in [5.41, 5.74) is 0.892. The molecular weight excluding hydrogens is 294 g/mol. The summed E-state index contributed by atoms with van der Waals surface area (Å²) in [6.45, 7) is 3.52. The second kappa shape index (κ2) is 6.76. The van der Waals surface area contributed by atoms with E-state index >= 15 is 0 Å². The topological polar surface area (TPSA) is 46.8 Å². The first-order valence-electron chi connectivity index (χ1n) is 6.36. The van der Waals surface area contributed by atoms with Gasteiger partial charge in [0.15, 0.2) is 0 Å². The summed E-state index contributed by atoms with van der Waals surface area (Å²) >= 11 is 11.3. The maximum atomic E-state index is 6.04. The van der Waals surface area contributed by atoms with Gasteiger partial charge >= 0.3 is 0 Å². The molecule has 2 aromatic rings. The molecule has 0 spiro atoms. The van der Waals surface area contributed by atoms with E-state index < -0.39 is 0 Å². The van der Waals surface area contributed by atoms with E-state index in [0.29, 0.717) is 22.4 Å². The highest BCUT2D eigenvalue weighted by atomic mass is 35.5. The molecule has 2 aromatic heterocycles. The summed E-state index contributed by atoms with van der Waals surface area (Å²) in [5, 5.41) is 0.474. The maximum Gasteiger partial charge on any atom is 0.229 e. The van der Waals surface area contributed by atoms with Crippen LogP contribution in [-0.4, -0.2) is 33.1 Å². The van der Waals surface area contributed by atoms with Crippen LogP contribution in [0.5, 0.6) is 0 Å². The molecule has 20 heavy (non-hydrogen) atoms. The van der Waals surface area contributed by atoms with Crippen LogP contribution < -0.4 is 4.90 Å². The van der Waals surface area contributed by atoms with Crippen molar-refractivity contribution in [1.29, 1.82) is 0 Å². The van der Waals surface area contributed by atoms with E-state index in [1.807, 2.05) is 24.1 Å². The second-order valence-electron chi connectivity index (χ2n) is 4.44. The number of halogens is 1. The van der Waals surface area contributed by atoms with Crippen molar-refractivity contribution >= 4 is 29.8 Å².